The highest BCUT2D eigenvalue weighted by molar-refractivity contribution is 8.76. The quantitative estimate of drug-likeness (QED) is 0.0123. The van der Waals surface area contributed by atoms with Gasteiger partial charge in [-0.3, -0.25) is 67.1 Å². The van der Waals surface area contributed by atoms with Gasteiger partial charge >= 0.3 is 0 Å². The van der Waals surface area contributed by atoms with E-state index >= 15 is 28.8 Å². The molecular weight excluding hydrogens is 1650 g/mol. The van der Waals surface area contributed by atoms with Crippen LogP contribution in [0.25, 0.3) is 0 Å². The average molecular weight is 1780 g/mol. The van der Waals surface area contributed by atoms with Crippen LogP contribution < -0.4 is 26.6 Å². The van der Waals surface area contributed by atoms with Crippen LogP contribution in [0.1, 0.15) is 116 Å². The lowest BCUT2D eigenvalue weighted by Crippen LogP contribution is -2.59. The maximum Gasteiger partial charge on any atom is 0.246 e. The molecule has 10 fully saturated rings. The van der Waals surface area contributed by atoms with E-state index in [0.29, 0.717) is 28.8 Å². The normalized spacial score (nSPS) is 30.7. The zero-order valence-corrected chi connectivity index (χ0v) is 73.2. The summed E-state index contributed by atoms with van der Waals surface area (Å²) in [5.74, 6) is -4.25. The first-order valence-corrected chi connectivity index (χ1v) is 45.4. The van der Waals surface area contributed by atoms with E-state index in [1.807, 2.05) is 21.1 Å². The molecule has 0 aromatic rings. The molecule has 43 heteroatoms. The highest BCUT2D eigenvalue weighted by atomic mass is 33.1. The molecule has 15 N–H and O–H groups in total. The van der Waals surface area contributed by atoms with E-state index in [9.17, 15) is 89.4 Å². The van der Waals surface area contributed by atoms with Gasteiger partial charge in [0.1, 0.15) is 66.5 Å². The van der Waals surface area contributed by atoms with Gasteiger partial charge in [-0.1, -0.05) is 27.5 Å². The number of likely N-dealkylation sites (tertiary alicyclic amines) is 10. The second kappa shape index (κ2) is 42.7. The molecule has 22 atom stereocenters. The molecule has 10 aliphatic rings. The second-order valence-electron chi connectivity index (χ2n) is 36.5. The number of aliphatic hydroxyl groups is 10. The number of rotatable bonds is 34. The molecule has 10 heterocycles. The Labute approximate surface area is 724 Å². The maximum atomic E-state index is 15.1. The molecule has 14 amide bonds. The number of hydrogen-bond acceptors (Lipinski definition) is 27. The van der Waals surface area contributed by atoms with Crippen LogP contribution in [0.15, 0.2) is 0 Å². The second-order valence-corrected chi connectivity index (χ2v) is 39.2. The first-order chi connectivity index (χ1) is 58.1. The minimum absolute atomic E-state index is 0.132. The number of nitrogens with zero attached hydrogens (tertiary/aromatic N) is 12. The van der Waals surface area contributed by atoms with Crippen molar-refractivity contribution in [2.45, 2.75) is 250 Å². The summed E-state index contributed by atoms with van der Waals surface area (Å²) < 4.78 is 1.42. The molecule has 0 radical (unpaired) electrons. The molecule has 0 bridgehead atoms. The van der Waals surface area contributed by atoms with Gasteiger partial charge in [-0.2, -0.15) is 0 Å². The molecule has 41 nitrogen and oxygen atoms in total. The number of nitrogens with one attached hydrogen (secondary N) is 5. The number of amides is 14. The van der Waals surface area contributed by atoms with E-state index < -0.39 is 301 Å². The van der Waals surface area contributed by atoms with E-state index in [0.717, 1.165) is 85.8 Å². The first kappa shape index (κ1) is 97.5. The summed E-state index contributed by atoms with van der Waals surface area (Å²) in [6.07, 6.45) is -12.7. The average Bonchev–Trinajstić information content (AvgIpc) is 1.62. The SMILES string of the molecule is CC#CCNC(=O)CCSSCCNC(=O)C1CC(O)CN1C(=O)C1CC(O)CN1C(=O)C1CC(O)CN1C(=O)C1CC(O)CN1C(=O)C1CC(O)CN1C(=O)C1CC(O)CN1C(=O)C1CC(O)CN1C(=O)C1CC(O)CN1C(=O)C1CC(O)CN1C(=O)C1CC(O)CN1C(=O)CNC(=O)C(CCCC[N+](C)(C)C)NC(=O)C(CCCC[N+](C)(C)C)NC. The minimum atomic E-state index is -1.59. The topological polar surface area (TPSA) is 534 Å². The predicted molar refractivity (Wildman–Crippen MR) is 442 cm³/mol. The van der Waals surface area contributed by atoms with Crippen molar-refractivity contribution in [3.63, 3.8) is 0 Å². The number of likely N-dealkylation sites (N-methyl/N-ethyl adjacent to an activating group) is 1. The van der Waals surface area contributed by atoms with Gasteiger partial charge in [-0.05, 0) is 52.5 Å². The Morgan fingerprint density at radius 3 is 0.935 bits per heavy atom. The predicted octanol–water partition coefficient (Wildman–Crippen LogP) is -9.43. The molecule has 0 aromatic carbocycles. The Morgan fingerprint density at radius 1 is 0.358 bits per heavy atom. The van der Waals surface area contributed by atoms with Crippen molar-refractivity contribution in [1.29, 1.82) is 0 Å². The van der Waals surface area contributed by atoms with Crippen LogP contribution in [0.5, 0.6) is 0 Å². The maximum absolute atomic E-state index is 15.1. The van der Waals surface area contributed by atoms with Crippen LogP contribution in [-0.4, -0.2) is 484 Å². The standard InChI is InChI=1S/C80H127N17O24S2/c1-9-10-18-82-67(108)17-22-122-123-23-19-83-71(112)57-24-45(98)36-87(57)73(114)59-26-47(100)38-89(59)75(116)61-28-49(102)40-91(61)77(118)63-30-51(104)42-93(63)79(120)65-32-53(106)44-95(65)80(121)66-33-54(107)43-94(66)78(119)64-31-52(105)41-92(64)76(117)62-29-50(103)39-90(62)74(115)60-27-48(101)37-88(60)72(113)58-25-46(99)35-86(58)68(109)34-84-69(110)56(16-12-14-21-97(6,7)8)85-70(111)55(81-2)15-11-13-20-96(3,4)5/h45-66,81,98-107H,11-44H2,1-8H3,(H2-2,82,83,84,85,108,110,111,112)/p+2. The highest BCUT2D eigenvalue weighted by Crippen LogP contribution is 2.37. The van der Waals surface area contributed by atoms with E-state index in [4.69, 9.17) is 0 Å². The van der Waals surface area contributed by atoms with Crippen molar-refractivity contribution < 1.29 is 127 Å². The zero-order valence-electron chi connectivity index (χ0n) is 71.6. The van der Waals surface area contributed by atoms with Crippen LogP contribution in [-0.2, 0) is 67.1 Å². The number of carbonyl (C=O) groups excluding carboxylic acids is 14. The third-order valence-electron chi connectivity index (χ3n) is 24.9. The largest absolute Gasteiger partial charge is 0.391 e. The van der Waals surface area contributed by atoms with Crippen LogP contribution in [0.4, 0.5) is 0 Å². The summed E-state index contributed by atoms with van der Waals surface area (Å²) in [4.78, 5) is 213. The Morgan fingerprint density at radius 2 is 0.634 bits per heavy atom. The first-order valence-electron chi connectivity index (χ1n) is 43.0. The van der Waals surface area contributed by atoms with E-state index in [2.05, 4.69) is 59.6 Å². The summed E-state index contributed by atoms with van der Waals surface area (Å²) in [5, 5.41) is 126. The number of hydrogen-bond donors (Lipinski definition) is 15. The number of carbonyl (C=O) groups is 14. The lowest BCUT2D eigenvalue weighted by Gasteiger charge is -2.37. The fraction of sp³-hybridized carbons (Fsp3) is 0.800. The Bertz CT molecular complexity index is 3910. The Hall–Kier alpha value is -7.68. The molecule has 10 rings (SSSR count). The fourth-order valence-corrected chi connectivity index (χ4v) is 20.7. The molecule has 22 unspecified atom stereocenters. The van der Waals surface area contributed by atoms with Gasteiger partial charge < -0.3 is 136 Å². The molecule has 0 aromatic heterocycles. The van der Waals surface area contributed by atoms with Gasteiger partial charge in [-0.15, -0.1) is 5.92 Å². The molecule has 688 valence electrons. The Kier molecular flexibility index (Phi) is 33.9. The molecule has 10 aliphatic heterocycles. The number of unbranched alkanes of at least 4 members (excludes halogenated alkanes) is 2. The zero-order chi connectivity index (χ0) is 90.0. The summed E-state index contributed by atoms with van der Waals surface area (Å²) in [6, 6.07) is -16.5. The summed E-state index contributed by atoms with van der Waals surface area (Å²) >= 11 is 0. The van der Waals surface area contributed by atoms with Crippen molar-refractivity contribution in [3.8, 4) is 11.8 Å². The third-order valence-corrected chi connectivity index (χ3v) is 27.3. The van der Waals surface area contributed by atoms with Gasteiger partial charge in [0.05, 0.1) is 136 Å². The monoisotopic (exact) mass is 1780 g/mol. The fourth-order valence-electron chi connectivity index (χ4n) is 18.8. The number of aliphatic hydroxyl groups excluding tert-OH is 10. The highest BCUT2D eigenvalue weighted by Gasteiger charge is 2.58. The lowest BCUT2D eigenvalue weighted by atomic mass is 10.1. The van der Waals surface area contributed by atoms with Crippen molar-refractivity contribution in [2.24, 2.45) is 0 Å². The van der Waals surface area contributed by atoms with Crippen molar-refractivity contribution >= 4 is 104 Å². The summed E-state index contributed by atoms with van der Waals surface area (Å²) in [5.41, 5.74) is 0. The third kappa shape index (κ3) is 24.6. The lowest BCUT2D eigenvalue weighted by molar-refractivity contribution is -0.870. The summed E-state index contributed by atoms with van der Waals surface area (Å²) in [7, 11) is 16.8. The van der Waals surface area contributed by atoms with Gasteiger partial charge in [0, 0.05) is 154 Å². The smallest absolute Gasteiger partial charge is 0.246 e. The molecule has 10 saturated heterocycles. The van der Waals surface area contributed by atoms with Crippen LogP contribution in [0, 0.1) is 11.8 Å². The van der Waals surface area contributed by atoms with Gasteiger partial charge in [0.2, 0.25) is 82.7 Å². The molecular formula is C80H129N17O24S2+2. The van der Waals surface area contributed by atoms with E-state index in [1.165, 1.54) is 21.6 Å². The summed E-state index contributed by atoms with van der Waals surface area (Å²) in [6.45, 7) is -1.30. The van der Waals surface area contributed by atoms with Crippen LogP contribution >= 0.6 is 21.6 Å². The van der Waals surface area contributed by atoms with Crippen molar-refractivity contribution in [3.05, 3.63) is 0 Å². The van der Waals surface area contributed by atoms with E-state index in [1.54, 1.807) is 14.0 Å². The van der Waals surface area contributed by atoms with Gasteiger partial charge in [-0.25, -0.2) is 0 Å². The van der Waals surface area contributed by atoms with Crippen LogP contribution in [0.2, 0.25) is 0 Å². The molecule has 0 aliphatic carbocycles. The molecule has 123 heavy (non-hydrogen) atoms. The van der Waals surface area contributed by atoms with Crippen molar-refractivity contribution in [2.75, 3.05) is 159 Å². The molecule has 0 saturated carbocycles. The number of β-amino-alcohol motifs (C(OH)–C–C–N with tert-alkyl or cyclic N) is 10. The molecule has 0 spiro atoms. The van der Waals surface area contributed by atoms with Gasteiger partial charge in [0.25, 0.3) is 0 Å². The Balaban J connectivity index is 0.763. The van der Waals surface area contributed by atoms with E-state index in [-0.39, 0.29) is 77.0 Å². The van der Waals surface area contributed by atoms with Crippen LogP contribution in [0.3, 0.4) is 0 Å². The van der Waals surface area contributed by atoms with Gasteiger partial charge in [0.15, 0.2) is 0 Å². The van der Waals surface area contributed by atoms with Crippen molar-refractivity contribution in [1.82, 2.24) is 75.6 Å². The minimum Gasteiger partial charge on any atom is -0.391 e. The number of quaternary nitrogens is 2.